The maximum atomic E-state index is 11.7. The Labute approximate surface area is 104 Å². The molecule has 5 heteroatoms. The maximum absolute atomic E-state index is 11.7. The molecule has 0 saturated carbocycles. The second kappa shape index (κ2) is 5.32. The largest absolute Gasteiger partial charge is 0.342 e. The molecule has 86 valence electrons. The summed E-state index contributed by atoms with van der Waals surface area (Å²) in [6.07, 6.45) is 0. The van der Waals surface area contributed by atoms with Gasteiger partial charge in [0.1, 0.15) is 0 Å². The average molecular weight is 260 g/mol. The Morgan fingerprint density at radius 2 is 1.94 bits per heavy atom. The summed E-state index contributed by atoms with van der Waals surface area (Å²) in [5.41, 5.74) is 0.266. The minimum Gasteiger partial charge on any atom is -0.342 e. The van der Waals surface area contributed by atoms with Crippen molar-refractivity contribution in [3.8, 4) is 0 Å². The molecule has 0 aliphatic carbocycles. The Morgan fingerprint density at radius 3 is 2.50 bits per heavy atom. The highest BCUT2D eigenvalue weighted by Gasteiger charge is 2.15. The second-order valence-electron chi connectivity index (χ2n) is 3.43. The Balaban J connectivity index is 2.88. The third kappa shape index (κ3) is 3.22. The highest BCUT2D eigenvalue weighted by molar-refractivity contribution is 6.35. The van der Waals surface area contributed by atoms with Gasteiger partial charge in [0.05, 0.1) is 16.6 Å². The van der Waals surface area contributed by atoms with Crippen molar-refractivity contribution in [1.82, 2.24) is 5.32 Å². The van der Waals surface area contributed by atoms with Crippen molar-refractivity contribution in [3.63, 3.8) is 0 Å². The molecule has 3 nitrogen and oxygen atoms in total. The summed E-state index contributed by atoms with van der Waals surface area (Å²) < 4.78 is 0. The van der Waals surface area contributed by atoms with Crippen LogP contribution in [0.15, 0.2) is 18.2 Å². The van der Waals surface area contributed by atoms with Gasteiger partial charge in [0.25, 0.3) is 5.91 Å². The smallest absolute Gasteiger partial charge is 0.253 e. The lowest BCUT2D eigenvalue weighted by molar-refractivity contribution is -0.118. The van der Waals surface area contributed by atoms with E-state index in [0.717, 1.165) is 0 Å². The number of hydrogen-bond acceptors (Lipinski definition) is 2. The fraction of sp³-hybridized carbons (Fsp3) is 0.273. The van der Waals surface area contributed by atoms with E-state index < -0.39 is 11.9 Å². The zero-order valence-corrected chi connectivity index (χ0v) is 10.4. The Kier molecular flexibility index (Phi) is 4.33. The predicted octanol–water partition coefficient (Wildman–Crippen LogP) is 2.70. The summed E-state index contributed by atoms with van der Waals surface area (Å²) in [7, 11) is 0. The number of ketones is 1. The summed E-state index contributed by atoms with van der Waals surface area (Å²) in [5.74, 6) is -0.526. The molecule has 0 bridgehead atoms. The minimum absolute atomic E-state index is 0.119. The van der Waals surface area contributed by atoms with Gasteiger partial charge in [-0.2, -0.15) is 0 Å². The monoisotopic (exact) mass is 259 g/mol. The second-order valence-corrected chi connectivity index (χ2v) is 4.27. The van der Waals surface area contributed by atoms with Crippen LogP contribution in [0.5, 0.6) is 0 Å². The zero-order valence-electron chi connectivity index (χ0n) is 8.88. The first-order valence-corrected chi connectivity index (χ1v) is 5.43. The molecule has 0 heterocycles. The Morgan fingerprint density at radius 1 is 1.31 bits per heavy atom. The predicted molar refractivity (Wildman–Crippen MR) is 64.1 cm³/mol. The van der Waals surface area contributed by atoms with Crippen molar-refractivity contribution in [2.75, 3.05) is 0 Å². The van der Waals surface area contributed by atoms with E-state index in [2.05, 4.69) is 5.32 Å². The molecule has 1 unspecified atom stereocenters. The number of nitrogens with one attached hydrogen (secondary N) is 1. The third-order valence-corrected chi connectivity index (χ3v) is 2.70. The fourth-order valence-corrected chi connectivity index (χ4v) is 1.42. The first kappa shape index (κ1) is 13.0. The van der Waals surface area contributed by atoms with Crippen LogP contribution in [0.1, 0.15) is 24.2 Å². The molecular formula is C11H11Cl2NO2. The Bertz CT molecular complexity index is 432. The van der Waals surface area contributed by atoms with Crippen LogP contribution >= 0.6 is 23.2 Å². The van der Waals surface area contributed by atoms with E-state index in [0.29, 0.717) is 10.0 Å². The third-order valence-electron chi connectivity index (χ3n) is 2.13. The van der Waals surface area contributed by atoms with Gasteiger partial charge in [0.2, 0.25) is 0 Å². The summed E-state index contributed by atoms with van der Waals surface area (Å²) in [4.78, 5) is 22.7. The lowest BCUT2D eigenvalue weighted by Gasteiger charge is -2.11. The van der Waals surface area contributed by atoms with Gasteiger partial charge in [-0.05, 0) is 32.0 Å². The number of amides is 1. The van der Waals surface area contributed by atoms with Crippen molar-refractivity contribution in [2.24, 2.45) is 0 Å². The molecule has 1 aromatic rings. The number of carbonyl (C=O) groups is 2. The number of benzene rings is 1. The molecule has 0 fully saturated rings. The maximum Gasteiger partial charge on any atom is 0.253 e. The normalized spacial score (nSPS) is 12.0. The van der Waals surface area contributed by atoms with Crippen molar-refractivity contribution >= 4 is 34.9 Å². The highest BCUT2D eigenvalue weighted by Crippen LogP contribution is 2.20. The summed E-state index contributed by atoms with van der Waals surface area (Å²) in [6.45, 7) is 3.02. The van der Waals surface area contributed by atoms with E-state index in [4.69, 9.17) is 23.2 Å². The van der Waals surface area contributed by atoms with E-state index in [1.807, 2.05) is 0 Å². The number of rotatable bonds is 3. The van der Waals surface area contributed by atoms with Crippen LogP contribution in [-0.2, 0) is 4.79 Å². The summed E-state index contributed by atoms with van der Waals surface area (Å²) in [6, 6.07) is 4.06. The molecular weight excluding hydrogens is 249 g/mol. The zero-order chi connectivity index (χ0) is 12.3. The number of carbonyl (C=O) groups excluding carboxylic acids is 2. The molecule has 0 aromatic heterocycles. The SMILES string of the molecule is CC(=O)C(C)NC(=O)c1cc(Cl)ccc1Cl. The molecule has 0 spiro atoms. The lowest BCUT2D eigenvalue weighted by Crippen LogP contribution is -2.37. The van der Waals surface area contributed by atoms with Crippen LogP contribution in [0.4, 0.5) is 0 Å². The molecule has 0 aliphatic heterocycles. The number of Topliss-reactive ketones (excluding diaryl/α,β-unsaturated/α-hetero) is 1. The molecule has 1 rings (SSSR count). The van der Waals surface area contributed by atoms with Gasteiger partial charge >= 0.3 is 0 Å². The quantitative estimate of drug-likeness (QED) is 0.908. The van der Waals surface area contributed by atoms with Crippen molar-refractivity contribution in [3.05, 3.63) is 33.8 Å². The van der Waals surface area contributed by atoms with E-state index in [1.165, 1.54) is 19.1 Å². The number of hydrogen-bond donors (Lipinski definition) is 1. The van der Waals surface area contributed by atoms with E-state index >= 15 is 0 Å². The molecule has 0 saturated heterocycles. The summed E-state index contributed by atoms with van der Waals surface area (Å²) >= 11 is 11.6. The van der Waals surface area contributed by atoms with Crippen molar-refractivity contribution < 1.29 is 9.59 Å². The van der Waals surface area contributed by atoms with E-state index in [1.54, 1.807) is 13.0 Å². The highest BCUT2D eigenvalue weighted by atomic mass is 35.5. The van der Waals surface area contributed by atoms with Crippen LogP contribution in [0.25, 0.3) is 0 Å². The first-order chi connectivity index (χ1) is 7.41. The van der Waals surface area contributed by atoms with E-state index in [-0.39, 0.29) is 11.3 Å². The fourth-order valence-electron chi connectivity index (χ4n) is 1.05. The summed E-state index contributed by atoms with van der Waals surface area (Å²) in [5, 5.41) is 3.26. The van der Waals surface area contributed by atoms with Crippen LogP contribution < -0.4 is 5.32 Å². The van der Waals surface area contributed by atoms with Gasteiger partial charge in [0.15, 0.2) is 5.78 Å². The molecule has 16 heavy (non-hydrogen) atoms. The molecule has 1 atom stereocenters. The van der Waals surface area contributed by atoms with Crippen molar-refractivity contribution in [1.29, 1.82) is 0 Å². The standard InChI is InChI=1S/C11H11Cl2NO2/c1-6(7(2)15)14-11(16)9-5-8(12)3-4-10(9)13/h3-6H,1-2H3,(H,14,16). The van der Waals surface area contributed by atoms with Gasteiger partial charge in [-0.15, -0.1) is 0 Å². The van der Waals surface area contributed by atoms with Gasteiger partial charge in [-0.1, -0.05) is 23.2 Å². The van der Waals surface area contributed by atoms with Gasteiger partial charge in [-0.25, -0.2) is 0 Å². The average Bonchev–Trinajstić information content (AvgIpc) is 2.21. The first-order valence-electron chi connectivity index (χ1n) is 4.68. The molecule has 1 aromatic carbocycles. The number of halogens is 2. The van der Waals surface area contributed by atoms with Crippen LogP contribution in [0, 0.1) is 0 Å². The van der Waals surface area contributed by atoms with Gasteiger partial charge < -0.3 is 5.32 Å². The van der Waals surface area contributed by atoms with Gasteiger partial charge in [0, 0.05) is 5.02 Å². The Hall–Kier alpha value is -1.06. The van der Waals surface area contributed by atoms with Crippen molar-refractivity contribution in [2.45, 2.75) is 19.9 Å². The molecule has 1 amide bonds. The molecule has 1 N–H and O–H groups in total. The van der Waals surface area contributed by atoms with Crippen LogP contribution in [0.2, 0.25) is 10.0 Å². The van der Waals surface area contributed by atoms with Crippen LogP contribution in [-0.4, -0.2) is 17.7 Å². The van der Waals surface area contributed by atoms with Crippen LogP contribution in [0.3, 0.4) is 0 Å². The molecule has 0 radical (unpaired) electrons. The lowest BCUT2D eigenvalue weighted by atomic mass is 10.2. The van der Waals surface area contributed by atoms with Gasteiger partial charge in [-0.3, -0.25) is 9.59 Å². The van der Waals surface area contributed by atoms with E-state index in [9.17, 15) is 9.59 Å². The molecule has 0 aliphatic rings. The minimum atomic E-state index is -0.539. The topological polar surface area (TPSA) is 46.2 Å².